The minimum atomic E-state index is 1.05. The lowest BCUT2D eigenvalue weighted by Crippen LogP contribution is -3.53. The van der Waals surface area contributed by atoms with E-state index in [0.29, 0.717) is 0 Å². The smallest absolute Gasteiger partial charge is 0.00502 e. The molecule has 0 N–H and O–H groups in total. The third-order valence-corrected chi connectivity index (χ3v) is 33.5. The highest BCUT2D eigenvalue weighted by Gasteiger charge is 3.55. The monoisotopic (exact) mass is 522 g/mol. The van der Waals surface area contributed by atoms with E-state index in [-0.39, 0.29) is 0 Å². The first-order chi connectivity index (χ1) is 20.3. The van der Waals surface area contributed by atoms with Gasteiger partial charge in [0.15, 0.2) is 0 Å². The average molecular weight is 523 g/mol. The van der Waals surface area contributed by atoms with Gasteiger partial charge < -0.3 is 0 Å². The molecule has 27 aliphatic carbocycles. The first-order valence-electron chi connectivity index (χ1n) is 20.3. The van der Waals surface area contributed by atoms with E-state index < -0.39 is 0 Å². The highest BCUT2D eigenvalue weighted by Crippen LogP contribution is 3.56. The second kappa shape index (κ2) is 2.35. The summed E-state index contributed by atoms with van der Waals surface area (Å²) in [6.45, 7) is 0. The van der Waals surface area contributed by atoms with Crippen LogP contribution in [-0.2, 0) is 0 Å². The van der Waals surface area contributed by atoms with Gasteiger partial charge in [-0.3, -0.25) is 0 Å². The molecule has 0 amide bonds. The molecule has 27 aliphatic rings. The molecule has 0 aromatic carbocycles. The number of rotatable bonds is 0. The van der Waals surface area contributed by atoms with Crippen molar-refractivity contribution in [3.8, 4) is 0 Å². The van der Waals surface area contributed by atoms with E-state index in [4.69, 9.17) is 0 Å². The lowest BCUT2D eigenvalue weighted by atomic mass is 8.48. The number of hydrogen-bond acceptors (Lipinski definition) is 0. The van der Waals surface area contributed by atoms with E-state index in [1.54, 1.807) is 25.7 Å². The molecule has 36 unspecified atom stereocenters. The number of fused-ring (bicyclic) bond motifs is 17. The highest BCUT2D eigenvalue weighted by atomic mass is 15.6. The van der Waals surface area contributed by atoms with Crippen molar-refractivity contribution in [1.82, 2.24) is 0 Å². The van der Waals surface area contributed by atoms with Gasteiger partial charge in [0.25, 0.3) is 0 Å². The largest absolute Gasteiger partial charge is 0.0464 e. The molecule has 194 valence electrons. The second-order valence-corrected chi connectivity index (χ2v) is 25.7. The Morgan fingerprint density at radius 1 is 0.268 bits per heavy atom. The maximum atomic E-state index is 1.86. The Kier molecular flexibility index (Phi) is 0.837. The standard InChI is InChI=1S/C41H30/c1-6-5-26-10(1)14-18-22-24-20-16-12-3-8-9-4-13-17-21-25-23-19-15-11-2-7(6)27(11,26)31(15)30(14,26)34(18)35(19,31)39(23)38(22,34)40(24)36(20)32(16)28(8,12)29(9,13)33(17,32)37(21,36)41(25,39)40/h6-25H,1-5H2. The highest BCUT2D eigenvalue weighted by molar-refractivity contribution is 6.00. The molecule has 41 heavy (non-hydrogen) atoms. The maximum absolute atomic E-state index is 1.86. The molecule has 0 aromatic heterocycles. The topological polar surface area (TPSA) is 0 Å². The van der Waals surface area contributed by atoms with Crippen LogP contribution in [0.15, 0.2) is 0 Å². The molecule has 27 saturated carbocycles. The predicted octanol–water partition coefficient (Wildman–Crippen LogP) is 4.41. The van der Waals surface area contributed by atoms with Crippen molar-refractivity contribution >= 4 is 0 Å². The maximum Gasteiger partial charge on any atom is -0.00502 e. The molecular weight excluding hydrogens is 492 g/mol. The molecule has 27 rings (SSSR count). The molecule has 16 spiro atoms. The Hall–Kier alpha value is 0. The van der Waals surface area contributed by atoms with Crippen molar-refractivity contribution in [3.05, 3.63) is 0 Å². The Bertz CT molecular complexity index is 2310. The summed E-state index contributed by atoms with van der Waals surface area (Å²) in [6.07, 6.45) is 9.06. The quantitative estimate of drug-likeness (QED) is 0.442. The van der Waals surface area contributed by atoms with Crippen LogP contribution in [0.3, 0.4) is 0 Å². The van der Waals surface area contributed by atoms with Crippen LogP contribution in [-0.4, -0.2) is 0 Å². The van der Waals surface area contributed by atoms with Crippen LogP contribution in [0.1, 0.15) is 32.1 Å². The normalized spacial score (nSPS) is 131. The molecule has 0 heterocycles. The third-order valence-electron chi connectivity index (χ3n) is 33.5. The molecule has 0 heteroatoms. The minimum Gasteiger partial charge on any atom is -0.0464 e. The van der Waals surface area contributed by atoms with Gasteiger partial charge in [0, 0.05) is 0 Å². The fourth-order valence-electron chi connectivity index (χ4n) is 41.3. The zero-order valence-corrected chi connectivity index (χ0v) is 23.1. The van der Waals surface area contributed by atoms with Crippen LogP contribution < -0.4 is 0 Å². The molecule has 0 saturated heterocycles. The van der Waals surface area contributed by atoms with Crippen molar-refractivity contribution in [2.24, 2.45) is 205 Å². The summed E-state index contributed by atoms with van der Waals surface area (Å²) < 4.78 is 0. The van der Waals surface area contributed by atoms with E-state index >= 15 is 0 Å². The zero-order valence-electron chi connectivity index (χ0n) is 23.1. The van der Waals surface area contributed by atoms with E-state index in [1.165, 1.54) is 118 Å². The SMILES string of the molecule is C1C2CC34C1C1C5C6C7C8C9C%10CC%11C%12CC%13C%14C%15C%16C%17C%18C%19C%20CC2C%203C%192C14C51C%182C%172C61C71C83C94C%11%10C%12%13C%144C%153C%1621. The van der Waals surface area contributed by atoms with Gasteiger partial charge in [0.1, 0.15) is 0 Å². The lowest BCUT2D eigenvalue weighted by molar-refractivity contribution is -1.09. The van der Waals surface area contributed by atoms with Gasteiger partial charge in [0.2, 0.25) is 0 Å². The molecule has 27 fully saturated rings. The Morgan fingerprint density at radius 2 is 0.659 bits per heavy atom. The van der Waals surface area contributed by atoms with Crippen molar-refractivity contribution < 1.29 is 0 Å². The Morgan fingerprint density at radius 3 is 1.22 bits per heavy atom. The predicted molar refractivity (Wildman–Crippen MR) is 132 cm³/mol. The van der Waals surface area contributed by atoms with Crippen molar-refractivity contribution in [2.45, 2.75) is 32.1 Å². The van der Waals surface area contributed by atoms with E-state index in [2.05, 4.69) is 0 Å². The second-order valence-electron chi connectivity index (χ2n) is 25.7. The summed E-state index contributed by atoms with van der Waals surface area (Å²) in [5.41, 5.74) is 17.7. The van der Waals surface area contributed by atoms with Crippen molar-refractivity contribution in [2.75, 3.05) is 0 Å². The minimum absolute atomic E-state index is 1.05. The average Bonchev–Trinajstić information content (AvgIpc) is 3.31. The van der Waals surface area contributed by atoms with Gasteiger partial charge >= 0.3 is 0 Å². The lowest BCUT2D eigenvalue weighted by Gasteiger charge is -3.54. The summed E-state index contributed by atoms with van der Waals surface area (Å²) in [4.78, 5) is 0. The van der Waals surface area contributed by atoms with Crippen LogP contribution in [0, 0.1) is 205 Å². The van der Waals surface area contributed by atoms with Gasteiger partial charge in [-0.15, -0.1) is 0 Å². The van der Waals surface area contributed by atoms with E-state index in [1.807, 2.05) is 6.42 Å². The fourth-order valence-corrected chi connectivity index (χ4v) is 41.3. The summed E-state index contributed by atoms with van der Waals surface area (Å²) in [7, 11) is 0. The molecule has 0 aromatic rings. The van der Waals surface area contributed by atoms with Crippen molar-refractivity contribution in [3.63, 3.8) is 0 Å². The van der Waals surface area contributed by atoms with E-state index in [0.717, 1.165) is 86.6 Å². The zero-order chi connectivity index (χ0) is 23.1. The van der Waals surface area contributed by atoms with Crippen LogP contribution in [0.25, 0.3) is 0 Å². The van der Waals surface area contributed by atoms with E-state index in [9.17, 15) is 0 Å². The molecule has 0 radical (unpaired) electrons. The van der Waals surface area contributed by atoms with Crippen molar-refractivity contribution in [1.29, 1.82) is 0 Å². The van der Waals surface area contributed by atoms with Gasteiger partial charge in [0.05, 0.1) is 0 Å². The van der Waals surface area contributed by atoms with Gasteiger partial charge in [-0.05, 0) is 237 Å². The Labute approximate surface area is 236 Å². The van der Waals surface area contributed by atoms with Crippen LogP contribution in [0.4, 0.5) is 0 Å². The molecular formula is C41H30. The molecule has 0 nitrogen and oxygen atoms in total. The number of hydrogen-bond donors (Lipinski definition) is 0. The molecule has 0 aliphatic heterocycles. The third kappa shape index (κ3) is 0.366. The summed E-state index contributed by atoms with van der Waals surface area (Å²) in [5, 5.41) is 0. The first kappa shape index (κ1) is 14.6. The molecule has 36 atom stereocenters. The molecule has 2 bridgehead atoms. The van der Waals surface area contributed by atoms with Crippen LogP contribution in [0.5, 0.6) is 0 Å². The summed E-state index contributed by atoms with van der Waals surface area (Å²) >= 11 is 0. The van der Waals surface area contributed by atoms with Gasteiger partial charge in [-0.1, -0.05) is 0 Å². The first-order valence-corrected chi connectivity index (χ1v) is 20.3. The summed E-state index contributed by atoms with van der Waals surface area (Å²) in [5.74, 6) is 27.4. The van der Waals surface area contributed by atoms with Crippen LogP contribution >= 0.6 is 0 Å². The van der Waals surface area contributed by atoms with Gasteiger partial charge in [-0.2, -0.15) is 0 Å². The van der Waals surface area contributed by atoms with Crippen LogP contribution in [0.2, 0.25) is 0 Å². The summed E-state index contributed by atoms with van der Waals surface area (Å²) in [6, 6.07) is 0. The van der Waals surface area contributed by atoms with Gasteiger partial charge in [-0.25, -0.2) is 0 Å². The fraction of sp³-hybridized carbons (Fsp3) is 1.00. The Balaban J connectivity index is 0.891.